The number of pyridine rings is 1. The SMILES string of the molecule is CNC(=O)COc1cc2cc(Cc3nc(N4CCC(O)(C(F)(F)F)CC4)ncc3Cl)ccc2n(C)c1=O. The van der Waals surface area contributed by atoms with Crippen molar-refractivity contribution in [3.63, 3.8) is 0 Å². The van der Waals surface area contributed by atoms with Gasteiger partial charge in [0.15, 0.2) is 18.0 Å². The van der Waals surface area contributed by atoms with Crippen LogP contribution < -0.4 is 20.5 Å². The van der Waals surface area contributed by atoms with Gasteiger partial charge in [-0.15, -0.1) is 0 Å². The van der Waals surface area contributed by atoms with Crippen LogP contribution in [0.5, 0.6) is 5.75 Å². The normalized spacial score (nSPS) is 15.6. The van der Waals surface area contributed by atoms with E-state index in [9.17, 15) is 27.9 Å². The maximum absolute atomic E-state index is 13.1. The predicted octanol–water partition coefficient (Wildman–Crippen LogP) is 2.59. The molecular weight excluding hydrogens is 515 g/mol. The van der Waals surface area contributed by atoms with Gasteiger partial charge in [0.25, 0.3) is 11.5 Å². The van der Waals surface area contributed by atoms with Crippen LogP contribution in [0.2, 0.25) is 5.02 Å². The average molecular weight is 540 g/mol. The molecule has 2 N–H and O–H groups in total. The fourth-order valence-corrected chi connectivity index (χ4v) is 4.31. The molecule has 1 saturated heterocycles. The number of nitrogens with zero attached hydrogens (tertiary/aromatic N) is 4. The molecule has 0 spiro atoms. The highest BCUT2D eigenvalue weighted by atomic mass is 35.5. The summed E-state index contributed by atoms with van der Waals surface area (Å²) in [4.78, 5) is 34.3. The van der Waals surface area contributed by atoms with Gasteiger partial charge in [-0.05, 0) is 23.8 Å². The first kappa shape index (κ1) is 26.7. The summed E-state index contributed by atoms with van der Waals surface area (Å²) in [5.41, 5.74) is -1.16. The molecule has 3 aromatic rings. The summed E-state index contributed by atoms with van der Waals surface area (Å²) in [6, 6.07) is 6.99. The minimum absolute atomic E-state index is 0.0296. The number of nitrogens with one attached hydrogen (secondary N) is 1. The summed E-state index contributed by atoms with van der Waals surface area (Å²) in [5.74, 6) is -0.111. The fraction of sp³-hybridized carbons (Fsp3) is 0.417. The molecule has 1 aromatic carbocycles. The lowest BCUT2D eigenvalue weighted by Gasteiger charge is -2.39. The zero-order valence-corrected chi connectivity index (χ0v) is 20.9. The number of hydrogen-bond donors (Lipinski definition) is 2. The van der Waals surface area contributed by atoms with E-state index >= 15 is 0 Å². The quantitative estimate of drug-likeness (QED) is 0.495. The van der Waals surface area contributed by atoms with Crippen molar-refractivity contribution in [1.82, 2.24) is 19.9 Å². The van der Waals surface area contributed by atoms with Gasteiger partial charge < -0.3 is 24.6 Å². The number of hydrogen-bond acceptors (Lipinski definition) is 7. The largest absolute Gasteiger partial charge is 0.478 e. The van der Waals surface area contributed by atoms with E-state index in [1.807, 2.05) is 12.1 Å². The molecule has 0 aliphatic carbocycles. The van der Waals surface area contributed by atoms with Gasteiger partial charge in [0.2, 0.25) is 5.95 Å². The Morgan fingerprint density at radius 3 is 2.62 bits per heavy atom. The second-order valence-electron chi connectivity index (χ2n) is 8.89. The number of anilines is 1. The van der Waals surface area contributed by atoms with Crippen molar-refractivity contribution >= 4 is 34.4 Å². The number of ether oxygens (including phenoxy) is 1. The van der Waals surface area contributed by atoms with Crippen molar-refractivity contribution < 1.29 is 27.8 Å². The van der Waals surface area contributed by atoms with Crippen molar-refractivity contribution in [1.29, 1.82) is 0 Å². The van der Waals surface area contributed by atoms with E-state index in [2.05, 4.69) is 15.3 Å². The van der Waals surface area contributed by atoms with Crippen molar-refractivity contribution in [3.8, 4) is 5.75 Å². The van der Waals surface area contributed by atoms with Gasteiger partial charge in [-0.1, -0.05) is 17.7 Å². The minimum Gasteiger partial charge on any atom is -0.478 e. The summed E-state index contributed by atoms with van der Waals surface area (Å²) < 4.78 is 46.2. The Hall–Kier alpha value is -3.38. The molecule has 198 valence electrons. The maximum atomic E-state index is 13.1. The molecule has 37 heavy (non-hydrogen) atoms. The molecule has 0 bridgehead atoms. The van der Waals surface area contributed by atoms with E-state index in [1.54, 1.807) is 24.1 Å². The molecule has 2 aromatic heterocycles. The van der Waals surface area contributed by atoms with Gasteiger partial charge in [0.05, 0.1) is 22.4 Å². The van der Waals surface area contributed by atoms with Crippen molar-refractivity contribution in [2.75, 3.05) is 31.6 Å². The molecule has 0 unspecified atom stereocenters. The molecule has 0 radical (unpaired) electrons. The number of likely N-dealkylation sites (N-methyl/N-ethyl adjacent to an activating group) is 1. The third-order valence-electron chi connectivity index (χ3n) is 6.47. The van der Waals surface area contributed by atoms with Gasteiger partial charge >= 0.3 is 6.18 Å². The molecular formula is C24H25ClF3N5O4. The molecule has 3 heterocycles. The number of aliphatic hydroxyl groups is 1. The van der Waals surface area contributed by atoms with Crippen LogP contribution in [-0.2, 0) is 18.3 Å². The van der Waals surface area contributed by atoms with Crippen LogP contribution in [0.4, 0.5) is 19.1 Å². The van der Waals surface area contributed by atoms with Crippen LogP contribution >= 0.6 is 11.6 Å². The summed E-state index contributed by atoms with van der Waals surface area (Å²) in [7, 11) is 3.07. The lowest BCUT2D eigenvalue weighted by atomic mass is 9.91. The van der Waals surface area contributed by atoms with Crippen LogP contribution in [0.1, 0.15) is 24.1 Å². The summed E-state index contributed by atoms with van der Waals surface area (Å²) in [6.45, 7) is -0.410. The van der Waals surface area contributed by atoms with Crippen LogP contribution in [0.3, 0.4) is 0 Å². The van der Waals surface area contributed by atoms with Gasteiger partial charge in [0, 0.05) is 51.8 Å². The van der Waals surface area contributed by atoms with Crippen molar-refractivity contribution in [2.24, 2.45) is 7.05 Å². The highest BCUT2D eigenvalue weighted by Crippen LogP contribution is 2.39. The van der Waals surface area contributed by atoms with E-state index < -0.39 is 24.6 Å². The third kappa shape index (κ3) is 5.49. The number of amides is 1. The molecule has 1 fully saturated rings. The summed E-state index contributed by atoms with van der Waals surface area (Å²) in [6.07, 6.45) is -3.96. The standard InChI is InChI=1S/C24H25ClF3N5O4/c1-29-20(34)13-37-19-11-15-9-14(3-4-18(15)32(2)21(19)35)10-17-16(25)12-30-22(31-17)33-7-5-23(36,6-8-33)24(26,27)28/h3-4,9,11-12,36H,5-8,10,13H2,1-2H3,(H,29,34). The Morgan fingerprint density at radius 2 is 1.97 bits per heavy atom. The average Bonchev–Trinajstić information content (AvgIpc) is 2.86. The highest BCUT2D eigenvalue weighted by Gasteiger charge is 2.54. The number of aryl methyl sites for hydroxylation is 1. The van der Waals surface area contributed by atoms with Crippen molar-refractivity contribution in [3.05, 3.63) is 57.1 Å². The Bertz CT molecular complexity index is 1390. The van der Waals surface area contributed by atoms with Crippen LogP contribution in [-0.4, -0.2) is 64.1 Å². The highest BCUT2D eigenvalue weighted by molar-refractivity contribution is 6.31. The summed E-state index contributed by atoms with van der Waals surface area (Å²) in [5, 5.41) is 13.3. The first-order valence-electron chi connectivity index (χ1n) is 11.4. The molecule has 0 atom stereocenters. The second kappa shape index (κ2) is 10.2. The topological polar surface area (TPSA) is 110 Å². The fourth-order valence-electron chi connectivity index (χ4n) is 4.15. The Balaban J connectivity index is 1.57. The van der Waals surface area contributed by atoms with E-state index in [4.69, 9.17) is 16.3 Å². The lowest BCUT2D eigenvalue weighted by Crippen LogP contribution is -2.53. The molecule has 1 aliphatic rings. The zero-order valence-electron chi connectivity index (χ0n) is 20.1. The number of rotatable bonds is 6. The summed E-state index contributed by atoms with van der Waals surface area (Å²) >= 11 is 6.33. The van der Waals surface area contributed by atoms with Crippen LogP contribution in [0.15, 0.2) is 35.3 Å². The monoisotopic (exact) mass is 539 g/mol. The number of alkyl halides is 3. The lowest BCUT2D eigenvalue weighted by molar-refractivity contribution is -0.266. The number of piperidine rings is 1. The van der Waals surface area contributed by atoms with Crippen LogP contribution in [0.25, 0.3) is 10.9 Å². The Kier molecular flexibility index (Phi) is 7.33. The Labute approximate surface area is 214 Å². The maximum Gasteiger partial charge on any atom is 0.417 e. The van der Waals surface area contributed by atoms with E-state index in [0.29, 0.717) is 28.0 Å². The Morgan fingerprint density at radius 1 is 1.27 bits per heavy atom. The molecule has 1 aliphatic heterocycles. The van der Waals surface area contributed by atoms with E-state index in [0.717, 1.165) is 5.56 Å². The van der Waals surface area contributed by atoms with Crippen LogP contribution in [0, 0.1) is 0 Å². The van der Waals surface area contributed by atoms with Gasteiger partial charge in [0.1, 0.15) is 0 Å². The molecule has 9 nitrogen and oxygen atoms in total. The first-order chi connectivity index (χ1) is 17.4. The molecule has 4 rings (SSSR count). The number of benzene rings is 1. The van der Waals surface area contributed by atoms with E-state index in [1.165, 1.54) is 17.8 Å². The number of carbonyl (C=O) groups excluding carboxylic acids is 1. The second-order valence-corrected chi connectivity index (χ2v) is 9.29. The number of fused-ring (bicyclic) bond motifs is 1. The minimum atomic E-state index is -4.70. The number of aromatic nitrogens is 3. The van der Waals surface area contributed by atoms with Gasteiger partial charge in [-0.25, -0.2) is 9.97 Å². The number of halogens is 4. The van der Waals surface area contributed by atoms with Gasteiger partial charge in [-0.3, -0.25) is 9.59 Å². The van der Waals surface area contributed by atoms with E-state index in [-0.39, 0.29) is 42.9 Å². The smallest absolute Gasteiger partial charge is 0.417 e. The predicted molar refractivity (Wildman–Crippen MR) is 131 cm³/mol. The molecule has 13 heteroatoms. The molecule has 1 amide bonds. The first-order valence-corrected chi connectivity index (χ1v) is 11.8. The van der Waals surface area contributed by atoms with Crippen molar-refractivity contribution in [2.45, 2.75) is 31.0 Å². The van der Waals surface area contributed by atoms with Gasteiger partial charge in [-0.2, -0.15) is 13.2 Å². The third-order valence-corrected chi connectivity index (χ3v) is 6.79. The number of carbonyl (C=O) groups is 1. The molecule has 0 saturated carbocycles. The zero-order chi connectivity index (χ0) is 27.0.